The van der Waals surface area contributed by atoms with E-state index in [4.69, 9.17) is 4.74 Å². The second-order valence-corrected chi connectivity index (χ2v) is 10.5. The lowest BCUT2D eigenvalue weighted by atomic mass is 9.78. The highest BCUT2D eigenvalue weighted by Crippen LogP contribution is 2.60. The minimum absolute atomic E-state index is 0.0716. The van der Waals surface area contributed by atoms with Gasteiger partial charge in [-0.05, 0) is 27.2 Å². The predicted molar refractivity (Wildman–Crippen MR) is 109 cm³/mol. The Morgan fingerprint density at radius 2 is 2.00 bits per heavy atom. The maximum atomic E-state index is 13.7. The number of aliphatic hydroxyl groups is 1. The van der Waals surface area contributed by atoms with Crippen molar-refractivity contribution < 1.29 is 24.2 Å². The van der Waals surface area contributed by atoms with Crippen LogP contribution >= 0.6 is 11.8 Å². The van der Waals surface area contributed by atoms with Crippen molar-refractivity contribution >= 4 is 29.5 Å². The zero-order valence-electron chi connectivity index (χ0n) is 17.0. The number of hydrogen-bond donors (Lipinski definition) is 1. The summed E-state index contributed by atoms with van der Waals surface area (Å²) in [5, 5.41) is 9.38. The summed E-state index contributed by atoms with van der Waals surface area (Å²) in [6.45, 7) is 6.49. The maximum absolute atomic E-state index is 13.7. The molecule has 2 amide bonds. The Bertz CT molecular complexity index is 788. The summed E-state index contributed by atoms with van der Waals surface area (Å²) in [5.74, 6) is -2.06. The first-order valence-electron chi connectivity index (χ1n) is 10.1. The average molecular weight is 421 g/mol. The van der Waals surface area contributed by atoms with Crippen molar-refractivity contribution in [1.82, 2.24) is 9.80 Å². The first-order chi connectivity index (χ1) is 13.7. The van der Waals surface area contributed by atoms with Crippen molar-refractivity contribution in [3.63, 3.8) is 0 Å². The van der Waals surface area contributed by atoms with Crippen LogP contribution in [-0.2, 0) is 19.1 Å². The second-order valence-electron chi connectivity index (χ2n) is 9.00. The van der Waals surface area contributed by atoms with Crippen molar-refractivity contribution in [1.29, 1.82) is 0 Å². The Kier molecular flexibility index (Phi) is 5.06. The minimum Gasteiger partial charge on any atom is -0.465 e. The van der Waals surface area contributed by atoms with E-state index in [1.807, 2.05) is 45.1 Å². The van der Waals surface area contributed by atoms with E-state index >= 15 is 0 Å². The number of likely N-dealkylation sites (tertiary alicyclic amines) is 1. The standard InChI is InChI=1S/C21H28N2O5S/c1-20(2,3)23-9-6-8-21-15(17(25)22(10-11-24)16(21)18(23)26)14-13(29-21)7-4-5-12-28-19(14)27/h4,6-8,13-16,24H,5,9-12H2,1-3H3/t13-,14+,15+,16?,21+/m1/s1. The van der Waals surface area contributed by atoms with Crippen LogP contribution in [0, 0.1) is 11.8 Å². The monoisotopic (exact) mass is 420 g/mol. The van der Waals surface area contributed by atoms with Gasteiger partial charge in [-0.25, -0.2) is 0 Å². The zero-order chi connectivity index (χ0) is 21.0. The van der Waals surface area contributed by atoms with E-state index in [2.05, 4.69) is 0 Å². The lowest BCUT2D eigenvalue weighted by molar-refractivity contribution is -0.153. The van der Waals surface area contributed by atoms with Crippen LogP contribution in [0.5, 0.6) is 0 Å². The van der Waals surface area contributed by atoms with Gasteiger partial charge in [-0.1, -0.05) is 24.3 Å². The van der Waals surface area contributed by atoms with E-state index in [0.29, 0.717) is 19.6 Å². The van der Waals surface area contributed by atoms with E-state index < -0.39 is 28.2 Å². The lowest BCUT2D eigenvalue weighted by Crippen LogP contribution is -2.57. The van der Waals surface area contributed by atoms with Crippen molar-refractivity contribution in [2.24, 2.45) is 11.8 Å². The molecule has 0 radical (unpaired) electrons. The number of nitrogens with zero attached hydrogens (tertiary/aromatic N) is 2. The summed E-state index contributed by atoms with van der Waals surface area (Å²) >= 11 is 1.52. The fourth-order valence-electron chi connectivity index (χ4n) is 5.06. The molecule has 4 heterocycles. The molecule has 1 spiro atoms. The predicted octanol–water partition coefficient (Wildman–Crippen LogP) is 0.976. The fourth-order valence-corrected chi connectivity index (χ4v) is 7.06. The highest BCUT2D eigenvalue weighted by atomic mass is 32.2. The molecular weight excluding hydrogens is 392 g/mol. The number of carbonyl (C=O) groups excluding carboxylic acids is 3. The van der Waals surface area contributed by atoms with Crippen LogP contribution in [0.25, 0.3) is 0 Å². The summed E-state index contributed by atoms with van der Waals surface area (Å²) in [4.78, 5) is 43.4. The molecule has 1 N–H and O–H groups in total. The SMILES string of the molecule is CC(C)(C)N1CC=C[C@]23S[C@@H]4C=CCCOC(=O)[C@@H]4[C@H]2C(=O)N(CCO)C3C1=O. The van der Waals surface area contributed by atoms with Crippen molar-refractivity contribution in [2.75, 3.05) is 26.3 Å². The third kappa shape index (κ3) is 3.03. The third-order valence-electron chi connectivity index (χ3n) is 6.27. The van der Waals surface area contributed by atoms with Crippen LogP contribution in [0.2, 0.25) is 0 Å². The van der Waals surface area contributed by atoms with E-state index in [-0.39, 0.29) is 36.2 Å². The van der Waals surface area contributed by atoms with Crippen LogP contribution < -0.4 is 0 Å². The smallest absolute Gasteiger partial charge is 0.311 e. The molecule has 29 heavy (non-hydrogen) atoms. The van der Waals surface area contributed by atoms with Gasteiger partial charge < -0.3 is 19.6 Å². The summed E-state index contributed by atoms with van der Waals surface area (Å²) in [7, 11) is 0. The molecule has 0 aliphatic carbocycles. The number of hydrogen-bond acceptors (Lipinski definition) is 6. The molecule has 158 valence electrons. The normalized spacial score (nSPS) is 36.9. The number of fused-ring (bicyclic) bond motifs is 2. The molecule has 8 heteroatoms. The first kappa shape index (κ1) is 20.5. The van der Waals surface area contributed by atoms with Crippen molar-refractivity contribution in [3.8, 4) is 0 Å². The van der Waals surface area contributed by atoms with Gasteiger partial charge in [0.1, 0.15) is 6.04 Å². The van der Waals surface area contributed by atoms with Gasteiger partial charge in [0.05, 0.1) is 29.8 Å². The third-order valence-corrected chi connectivity index (χ3v) is 8.02. The highest BCUT2D eigenvalue weighted by molar-refractivity contribution is 8.02. The van der Waals surface area contributed by atoms with Crippen LogP contribution in [0.4, 0.5) is 0 Å². The van der Waals surface area contributed by atoms with Gasteiger partial charge in [0, 0.05) is 23.9 Å². The first-order valence-corrected chi connectivity index (χ1v) is 11.0. The molecule has 0 aromatic heterocycles. The Labute approximate surface area is 175 Å². The van der Waals surface area contributed by atoms with Gasteiger partial charge in [-0.3, -0.25) is 14.4 Å². The van der Waals surface area contributed by atoms with E-state index in [9.17, 15) is 19.5 Å². The molecule has 0 aromatic carbocycles. The van der Waals surface area contributed by atoms with Gasteiger partial charge in [0.25, 0.3) is 0 Å². The zero-order valence-corrected chi connectivity index (χ0v) is 17.9. The van der Waals surface area contributed by atoms with E-state index in [0.717, 1.165) is 0 Å². The number of thioether (sulfide) groups is 1. The molecule has 2 fully saturated rings. The van der Waals surface area contributed by atoms with Gasteiger partial charge in [0.15, 0.2) is 0 Å². The lowest BCUT2D eigenvalue weighted by Gasteiger charge is -2.40. The summed E-state index contributed by atoms with van der Waals surface area (Å²) in [5.41, 5.74) is -0.414. The van der Waals surface area contributed by atoms with E-state index in [1.165, 1.54) is 16.7 Å². The van der Waals surface area contributed by atoms with Gasteiger partial charge in [-0.15, -0.1) is 11.8 Å². The highest BCUT2D eigenvalue weighted by Gasteiger charge is 2.71. The van der Waals surface area contributed by atoms with Crippen molar-refractivity contribution in [2.45, 2.75) is 48.8 Å². The Morgan fingerprint density at radius 3 is 2.69 bits per heavy atom. The van der Waals surface area contributed by atoms with E-state index in [1.54, 1.807) is 4.90 Å². The Balaban J connectivity index is 1.85. The Hall–Kier alpha value is -1.80. The average Bonchev–Trinajstić information content (AvgIpc) is 2.99. The van der Waals surface area contributed by atoms with Crippen LogP contribution in [0.15, 0.2) is 24.3 Å². The molecule has 7 nitrogen and oxygen atoms in total. The number of carbonyl (C=O) groups is 3. The van der Waals surface area contributed by atoms with Gasteiger partial charge in [0.2, 0.25) is 11.8 Å². The molecule has 2 saturated heterocycles. The number of esters is 1. The molecule has 4 aliphatic rings. The number of cyclic esters (lactones) is 1. The summed E-state index contributed by atoms with van der Waals surface area (Å²) in [6.07, 6.45) is 8.55. The Morgan fingerprint density at radius 1 is 1.24 bits per heavy atom. The summed E-state index contributed by atoms with van der Waals surface area (Å²) < 4.78 is 4.57. The molecule has 0 bridgehead atoms. The van der Waals surface area contributed by atoms with Gasteiger partial charge >= 0.3 is 5.97 Å². The minimum atomic E-state index is -0.841. The number of β-amino-alcohol motifs (C(OH)–C–C–N with tert-alkyl or cyclic N) is 1. The number of amides is 2. The molecule has 0 saturated carbocycles. The van der Waals surface area contributed by atoms with Crippen molar-refractivity contribution in [3.05, 3.63) is 24.3 Å². The molecule has 1 unspecified atom stereocenters. The molecular formula is C21H28N2O5S. The molecule has 5 atom stereocenters. The topological polar surface area (TPSA) is 87.2 Å². The molecule has 4 rings (SSSR count). The summed E-state index contributed by atoms with van der Waals surface area (Å²) in [6, 6.07) is -0.746. The quantitative estimate of drug-likeness (QED) is 0.529. The number of rotatable bonds is 2. The van der Waals surface area contributed by atoms with Gasteiger partial charge in [-0.2, -0.15) is 0 Å². The second kappa shape index (κ2) is 7.16. The van der Waals surface area contributed by atoms with Crippen LogP contribution in [0.3, 0.4) is 0 Å². The molecule has 0 aromatic rings. The number of ether oxygens (including phenoxy) is 1. The number of aliphatic hydroxyl groups excluding tert-OH is 1. The largest absolute Gasteiger partial charge is 0.465 e. The fraction of sp³-hybridized carbons (Fsp3) is 0.667. The maximum Gasteiger partial charge on any atom is 0.311 e. The van der Waals surface area contributed by atoms with Crippen LogP contribution in [0.1, 0.15) is 27.2 Å². The molecule has 4 aliphatic heterocycles. The van der Waals surface area contributed by atoms with Crippen LogP contribution in [-0.4, -0.2) is 80.6 Å².